The molecule has 0 fully saturated rings. The lowest BCUT2D eigenvalue weighted by molar-refractivity contribution is -0.138. The van der Waals surface area contributed by atoms with E-state index in [9.17, 15) is 4.79 Å². The summed E-state index contributed by atoms with van der Waals surface area (Å²) in [6.07, 6.45) is 5.64. The Labute approximate surface area is 140 Å². The van der Waals surface area contributed by atoms with E-state index < -0.39 is 5.97 Å². The fraction of sp³-hybridized carbons (Fsp3) is 0.222. The van der Waals surface area contributed by atoms with Gasteiger partial charge in [-0.25, -0.2) is 9.78 Å². The molecule has 0 atom stereocenters. The van der Waals surface area contributed by atoms with Crippen LogP contribution in [0.1, 0.15) is 24.5 Å². The Kier molecular flexibility index (Phi) is 6.63. The highest BCUT2D eigenvalue weighted by molar-refractivity contribution is 6.29. The zero-order valence-corrected chi connectivity index (χ0v) is 13.6. The minimum atomic E-state index is -0.411. The summed E-state index contributed by atoms with van der Waals surface area (Å²) < 4.78 is 10.6. The number of hydrogen-bond donors (Lipinski definition) is 0. The van der Waals surface area contributed by atoms with Gasteiger partial charge in [-0.05, 0) is 36.3 Å². The summed E-state index contributed by atoms with van der Waals surface area (Å²) in [6, 6.07) is 10.9. The fourth-order valence-corrected chi connectivity index (χ4v) is 1.87. The molecule has 0 spiro atoms. The van der Waals surface area contributed by atoms with E-state index in [0.717, 1.165) is 23.3 Å². The largest absolute Gasteiger partial charge is 0.494 e. The maximum absolute atomic E-state index is 11.7. The van der Waals surface area contributed by atoms with Crippen molar-refractivity contribution in [1.82, 2.24) is 4.98 Å². The van der Waals surface area contributed by atoms with Gasteiger partial charge in [-0.1, -0.05) is 36.7 Å². The second-order valence-electron chi connectivity index (χ2n) is 4.85. The summed E-state index contributed by atoms with van der Waals surface area (Å²) in [4.78, 5) is 15.6. The molecule has 4 nitrogen and oxygen atoms in total. The van der Waals surface area contributed by atoms with E-state index in [-0.39, 0.29) is 6.61 Å². The number of esters is 1. The molecule has 0 aliphatic carbocycles. The van der Waals surface area contributed by atoms with Crippen molar-refractivity contribution in [1.29, 1.82) is 0 Å². The fourth-order valence-electron chi connectivity index (χ4n) is 1.75. The van der Waals surface area contributed by atoms with Crippen molar-refractivity contribution in [2.24, 2.45) is 0 Å². The van der Waals surface area contributed by atoms with Gasteiger partial charge in [0.2, 0.25) is 0 Å². The molecule has 0 bridgehead atoms. The minimum absolute atomic E-state index is 0.164. The quantitative estimate of drug-likeness (QED) is 0.431. The Bertz CT molecular complexity index is 651. The van der Waals surface area contributed by atoms with Crippen LogP contribution in [-0.2, 0) is 16.1 Å². The molecule has 5 heteroatoms. The van der Waals surface area contributed by atoms with Gasteiger partial charge < -0.3 is 9.47 Å². The SMILES string of the molecule is CCCOc1ccc(C=CC(=O)OCc2ccc(Cl)nc2)cc1. The van der Waals surface area contributed by atoms with Crippen LogP contribution in [0.5, 0.6) is 5.75 Å². The van der Waals surface area contributed by atoms with Gasteiger partial charge in [0.15, 0.2) is 0 Å². The first-order chi connectivity index (χ1) is 11.2. The lowest BCUT2D eigenvalue weighted by atomic mass is 10.2. The number of rotatable bonds is 7. The van der Waals surface area contributed by atoms with Crippen LogP contribution in [0.3, 0.4) is 0 Å². The standard InChI is InChI=1S/C18H18ClNO3/c1-2-11-22-16-7-3-14(4-8-16)6-10-18(21)23-13-15-5-9-17(19)20-12-15/h3-10,12H,2,11,13H2,1H3. The molecule has 0 amide bonds. The van der Waals surface area contributed by atoms with Gasteiger partial charge in [0.05, 0.1) is 6.61 Å². The van der Waals surface area contributed by atoms with Crippen LogP contribution < -0.4 is 4.74 Å². The average molecular weight is 332 g/mol. The summed E-state index contributed by atoms with van der Waals surface area (Å²) in [7, 11) is 0. The maximum atomic E-state index is 11.7. The molecule has 0 aliphatic rings. The highest BCUT2D eigenvalue weighted by atomic mass is 35.5. The van der Waals surface area contributed by atoms with Crippen LogP contribution >= 0.6 is 11.6 Å². The first-order valence-corrected chi connectivity index (χ1v) is 7.73. The van der Waals surface area contributed by atoms with Crippen LogP contribution in [0.2, 0.25) is 5.15 Å². The zero-order chi connectivity index (χ0) is 16.5. The van der Waals surface area contributed by atoms with Crippen LogP contribution in [0.25, 0.3) is 6.08 Å². The number of nitrogens with zero attached hydrogens (tertiary/aromatic N) is 1. The van der Waals surface area contributed by atoms with Crippen molar-refractivity contribution in [3.05, 3.63) is 65.0 Å². The molecule has 0 aliphatic heterocycles. The van der Waals surface area contributed by atoms with Crippen molar-refractivity contribution in [2.75, 3.05) is 6.61 Å². The van der Waals surface area contributed by atoms with E-state index in [2.05, 4.69) is 11.9 Å². The number of pyridine rings is 1. The van der Waals surface area contributed by atoms with Gasteiger partial charge in [0, 0.05) is 17.8 Å². The third-order valence-electron chi connectivity index (χ3n) is 2.93. The van der Waals surface area contributed by atoms with Crippen molar-refractivity contribution >= 4 is 23.6 Å². The number of ether oxygens (including phenoxy) is 2. The highest BCUT2D eigenvalue weighted by Gasteiger charge is 2.00. The van der Waals surface area contributed by atoms with E-state index in [0.29, 0.717) is 11.8 Å². The lowest BCUT2D eigenvalue weighted by Gasteiger charge is -2.04. The Balaban J connectivity index is 1.82. The number of carbonyl (C=O) groups is 1. The summed E-state index contributed by atoms with van der Waals surface area (Å²) in [5.41, 5.74) is 1.69. The van der Waals surface area contributed by atoms with Gasteiger partial charge in [-0.3, -0.25) is 0 Å². The molecule has 1 heterocycles. The van der Waals surface area contributed by atoms with Gasteiger partial charge in [0.1, 0.15) is 17.5 Å². The molecule has 1 aromatic carbocycles. The molecular formula is C18H18ClNO3. The minimum Gasteiger partial charge on any atom is -0.494 e. The van der Waals surface area contributed by atoms with Gasteiger partial charge >= 0.3 is 5.97 Å². The predicted octanol–water partition coefficient (Wildman–Crippen LogP) is 4.28. The van der Waals surface area contributed by atoms with Crippen LogP contribution in [0.4, 0.5) is 0 Å². The third-order valence-corrected chi connectivity index (χ3v) is 3.16. The maximum Gasteiger partial charge on any atom is 0.331 e. The molecule has 23 heavy (non-hydrogen) atoms. The van der Waals surface area contributed by atoms with E-state index >= 15 is 0 Å². The molecule has 0 N–H and O–H groups in total. The van der Waals surface area contributed by atoms with Crippen molar-refractivity contribution in [2.45, 2.75) is 20.0 Å². The number of hydrogen-bond acceptors (Lipinski definition) is 4. The smallest absolute Gasteiger partial charge is 0.331 e. The summed E-state index contributed by atoms with van der Waals surface area (Å²) in [6.45, 7) is 2.92. The summed E-state index contributed by atoms with van der Waals surface area (Å²) in [5, 5.41) is 0.409. The molecular weight excluding hydrogens is 314 g/mol. The zero-order valence-electron chi connectivity index (χ0n) is 12.9. The second kappa shape index (κ2) is 8.96. The lowest BCUT2D eigenvalue weighted by Crippen LogP contribution is -2.01. The number of halogens is 1. The Morgan fingerprint density at radius 3 is 2.65 bits per heavy atom. The first-order valence-electron chi connectivity index (χ1n) is 7.35. The van der Waals surface area contributed by atoms with E-state index in [4.69, 9.17) is 21.1 Å². The summed E-state index contributed by atoms with van der Waals surface area (Å²) >= 11 is 5.69. The number of carbonyl (C=O) groups excluding carboxylic acids is 1. The Morgan fingerprint density at radius 1 is 1.22 bits per heavy atom. The average Bonchev–Trinajstić information content (AvgIpc) is 2.58. The molecule has 0 saturated heterocycles. The number of aromatic nitrogens is 1. The van der Waals surface area contributed by atoms with Gasteiger partial charge in [0.25, 0.3) is 0 Å². The number of benzene rings is 1. The van der Waals surface area contributed by atoms with Crippen molar-refractivity contribution in [3.63, 3.8) is 0 Å². The van der Waals surface area contributed by atoms with Crippen molar-refractivity contribution < 1.29 is 14.3 Å². The van der Waals surface area contributed by atoms with E-state index in [1.165, 1.54) is 6.08 Å². The molecule has 0 unspecified atom stereocenters. The van der Waals surface area contributed by atoms with Crippen LogP contribution in [-0.4, -0.2) is 17.6 Å². The van der Waals surface area contributed by atoms with Gasteiger partial charge in [-0.2, -0.15) is 0 Å². The predicted molar refractivity (Wildman–Crippen MR) is 90.3 cm³/mol. The van der Waals surface area contributed by atoms with E-state index in [1.807, 2.05) is 24.3 Å². The van der Waals surface area contributed by atoms with Gasteiger partial charge in [-0.15, -0.1) is 0 Å². The summed E-state index contributed by atoms with van der Waals surface area (Å²) in [5.74, 6) is 0.410. The third kappa shape index (κ3) is 6.12. The monoisotopic (exact) mass is 331 g/mol. The highest BCUT2D eigenvalue weighted by Crippen LogP contribution is 2.13. The molecule has 0 saturated carbocycles. The molecule has 1 aromatic heterocycles. The van der Waals surface area contributed by atoms with Crippen LogP contribution in [0, 0.1) is 0 Å². The topological polar surface area (TPSA) is 48.4 Å². The van der Waals surface area contributed by atoms with E-state index in [1.54, 1.807) is 24.4 Å². The normalized spacial score (nSPS) is 10.7. The molecule has 2 rings (SSSR count). The first kappa shape index (κ1) is 17.0. The van der Waals surface area contributed by atoms with Crippen molar-refractivity contribution in [3.8, 4) is 5.75 Å². The second-order valence-corrected chi connectivity index (χ2v) is 5.23. The molecule has 2 aromatic rings. The molecule has 0 radical (unpaired) electrons. The Morgan fingerprint density at radius 2 is 2.00 bits per heavy atom. The Hall–Kier alpha value is -2.33. The molecule has 120 valence electrons. The van der Waals surface area contributed by atoms with Crippen LogP contribution in [0.15, 0.2) is 48.7 Å².